The van der Waals surface area contributed by atoms with Crippen LogP contribution in [0, 0.1) is 0 Å². The Morgan fingerprint density at radius 2 is 1.81 bits per heavy atom. The van der Waals surface area contributed by atoms with E-state index in [0.717, 1.165) is 25.7 Å². The topological polar surface area (TPSA) is 54.5 Å². The molecule has 0 unspecified atom stereocenters. The van der Waals surface area contributed by atoms with Crippen molar-refractivity contribution in [3.8, 4) is 0 Å². The summed E-state index contributed by atoms with van der Waals surface area (Å²) in [5.41, 5.74) is -1.44. The predicted octanol–water partition coefficient (Wildman–Crippen LogP) is 3.12. The first-order chi connectivity index (χ1) is 9.77. The smallest absolute Gasteiger partial charge is 0.294 e. The summed E-state index contributed by atoms with van der Waals surface area (Å²) in [7, 11) is 0. The van der Waals surface area contributed by atoms with Gasteiger partial charge in [-0.2, -0.15) is 13.2 Å². The zero-order chi connectivity index (χ0) is 16.0. The zero-order valence-electron chi connectivity index (χ0n) is 11.8. The number of hydrogen-bond donors (Lipinski definition) is 0. The number of alkyl halides is 3. The lowest BCUT2D eigenvalue weighted by Crippen LogP contribution is -2.40. The maximum Gasteiger partial charge on any atom is 0.421 e. The minimum absolute atomic E-state index is 0.00524. The Balaban J connectivity index is 2.67. The van der Waals surface area contributed by atoms with Crippen molar-refractivity contribution < 1.29 is 27.6 Å². The number of carbonyl (C=O) groups excluding carboxylic acids is 3. The molecule has 0 saturated carbocycles. The van der Waals surface area contributed by atoms with Gasteiger partial charge in [-0.3, -0.25) is 19.3 Å². The van der Waals surface area contributed by atoms with Gasteiger partial charge in [0.25, 0.3) is 0 Å². The molecule has 0 aromatic heterocycles. The van der Waals surface area contributed by atoms with E-state index in [1.165, 1.54) is 0 Å². The van der Waals surface area contributed by atoms with Crippen LogP contribution in [0.3, 0.4) is 0 Å². The van der Waals surface area contributed by atoms with Crippen molar-refractivity contribution >= 4 is 17.6 Å². The predicted molar refractivity (Wildman–Crippen MR) is 69.0 cm³/mol. The molecule has 0 aromatic rings. The summed E-state index contributed by atoms with van der Waals surface area (Å²) >= 11 is 0. The molecular weight excluding hydrogens is 287 g/mol. The van der Waals surface area contributed by atoms with Crippen LogP contribution in [0.4, 0.5) is 13.2 Å². The van der Waals surface area contributed by atoms with Gasteiger partial charge in [-0.25, -0.2) is 0 Å². The fraction of sp³-hybridized carbons (Fsp3) is 0.643. The van der Waals surface area contributed by atoms with Gasteiger partial charge in [0.15, 0.2) is 5.78 Å². The average Bonchev–Trinajstić information content (AvgIpc) is 2.36. The van der Waals surface area contributed by atoms with Crippen LogP contribution < -0.4 is 0 Å². The first-order valence-electron chi connectivity index (χ1n) is 6.94. The quantitative estimate of drug-likeness (QED) is 0.559. The van der Waals surface area contributed by atoms with E-state index in [0.29, 0.717) is 17.5 Å². The van der Waals surface area contributed by atoms with E-state index < -0.39 is 35.8 Å². The van der Waals surface area contributed by atoms with Crippen molar-refractivity contribution in [1.29, 1.82) is 0 Å². The van der Waals surface area contributed by atoms with E-state index in [1.807, 2.05) is 6.92 Å². The lowest BCUT2D eigenvalue weighted by Gasteiger charge is -2.23. The lowest BCUT2D eigenvalue weighted by atomic mass is 10.0. The standard InChI is InChI=1S/C14H18F3NO3/c1-2-3-4-5-6-7-12(20)18-9-10(14(15,16)17)11(19)8-13(18)21/h9H,2-8H2,1H3. The molecule has 1 aliphatic heterocycles. The van der Waals surface area contributed by atoms with Crippen LogP contribution >= 0.6 is 0 Å². The summed E-state index contributed by atoms with van der Waals surface area (Å²) < 4.78 is 37.8. The lowest BCUT2D eigenvalue weighted by molar-refractivity contribution is -0.146. The van der Waals surface area contributed by atoms with Crippen molar-refractivity contribution in [2.45, 2.75) is 58.0 Å². The molecule has 0 N–H and O–H groups in total. The van der Waals surface area contributed by atoms with Gasteiger partial charge < -0.3 is 0 Å². The molecule has 7 heteroatoms. The molecule has 0 aliphatic carbocycles. The van der Waals surface area contributed by atoms with Crippen LogP contribution in [0.15, 0.2) is 11.8 Å². The Morgan fingerprint density at radius 1 is 1.19 bits per heavy atom. The van der Waals surface area contributed by atoms with Crippen LogP contribution in [0.5, 0.6) is 0 Å². The molecule has 0 aromatic carbocycles. The second-order valence-electron chi connectivity index (χ2n) is 4.96. The van der Waals surface area contributed by atoms with Crippen LogP contribution in [-0.4, -0.2) is 28.7 Å². The van der Waals surface area contributed by atoms with Gasteiger partial charge >= 0.3 is 6.18 Å². The Bertz CT molecular complexity index is 455. The summed E-state index contributed by atoms with van der Waals surface area (Å²) in [5, 5.41) is 0. The largest absolute Gasteiger partial charge is 0.421 e. The number of imide groups is 1. The highest BCUT2D eigenvalue weighted by atomic mass is 19.4. The molecule has 1 aliphatic rings. The SMILES string of the molecule is CCCCCCCC(=O)N1C=C(C(F)(F)F)C(=O)CC1=O. The molecule has 4 nitrogen and oxygen atoms in total. The number of unbranched alkanes of at least 4 members (excludes halogenated alkanes) is 4. The minimum atomic E-state index is -4.85. The molecule has 118 valence electrons. The number of halogens is 3. The first kappa shape index (κ1) is 17.4. The molecule has 2 amide bonds. The number of ketones is 1. The first-order valence-corrected chi connectivity index (χ1v) is 6.94. The minimum Gasteiger partial charge on any atom is -0.294 e. The number of carbonyl (C=O) groups is 3. The summed E-state index contributed by atoms with van der Waals surface area (Å²) in [5.74, 6) is -2.88. The molecule has 0 fully saturated rings. The highest BCUT2D eigenvalue weighted by Crippen LogP contribution is 2.30. The normalized spacial score (nSPS) is 16.2. The Kier molecular flexibility index (Phi) is 6.11. The fourth-order valence-electron chi connectivity index (χ4n) is 2.03. The number of amides is 2. The van der Waals surface area contributed by atoms with Crippen LogP contribution in [0.25, 0.3) is 0 Å². The summed E-state index contributed by atoms with van der Waals surface area (Å²) in [6.45, 7) is 2.04. The number of Topliss-reactive ketones (excluding diaryl/α,β-unsaturated/α-hetero) is 1. The molecule has 0 spiro atoms. The van der Waals surface area contributed by atoms with E-state index in [9.17, 15) is 27.6 Å². The average molecular weight is 305 g/mol. The Morgan fingerprint density at radius 3 is 2.38 bits per heavy atom. The number of hydrogen-bond acceptors (Lipinski definition) is 3. The molecular formula is C14H18F3NO3. The van der Waals surface area contributed by atoms with E-state index in [-0.39, 0.29) is 6.42 Å². The van der Waals surface area contributed by atoms with Gasteiger partial charge in [0, 0.05) is 12.6 Å². The van der Waals surface area contributed by atoms with Gasteiger partial charge in [0.2, 0.25) is 11.8 Å². The van der Waals surface area contributed by atoms with Crippen molar-refractivity contribution in [2.24, 2.45) is 0 Å². The maximum atomic E-state index is 12.6. The monoisotopic (exact) mass is 305 g/mol. The number of allylic oxidation sites excluding steroid dienone is 1. The van der Waals surface area contributed by atoms with E-state index >= 15 is 0 Å². The third-order valence-corrected chi connectivity index (χ3v) is 3.21. The van der Waals surface area contributed by atoms with E-state index in [2.05, 4.69) is 0 Å². The molecule has 0 atom stereocenters. The fourth-order valence-corrected chi connectivity index (χ4v) is 2.03. The van der Waals surface area contributed by atoms with Crippen molar-refractivity contribution in [1.82, 2.24) is 4.90 Å². The van der Waals surface area contributed by atoms with Crippen molar-refractivity contribution in [3.05, 3.63) is 11.8 Å². The van der Waals surface area contributed by atoms with Crippen LogP contribution in [0.1, 0.15) is 51.9 Å². The molecule has 0 radical (unpaired) electrons. The maximum absolute atomic E-state index is 12.6. The van der Waals surface area contributed by atoms with Gasteiger partial charge in [0.1, 0.15) is 5.57 Å². The van der Waals surface area contributed by atoms with E-state index in [1.54, 1.807) is 0 Å². The summed E-state index contributed by atoms with van der Waals surface area (Å²) in [4.78, 5) is 35.0. The molecule has 1 heterocycles. The van der Waals surface area contributed by atoms with Crippen LogP contribution in [0.2, 0.25) is 0 Å². The number of nitrogens with zero attached hydrogens (tertiary/aromatic N) is 1. The second-order valence-corrected chi connectivity index (χ2v) is 4.96. The summed E-state index contributed by atoms with van der Waals surface area (Å²) in [6, 6.07) is 0. The van der Waals surface area contributed by atoms with Crippen molar-refractivity contribution in [3.63, 3.8) is 0 Å². The highest BCUT2D eigenvalue weighted by Gasteiger charge is 2.43. The molecule has 1 rings (SSSR count). The molecule has 0 bridgehead atoms. The van der Waals surface area contributed by atoms with Gasteiger partial charge in [0.05, 0.1) is 6.42 Å². The highest BCUT2D eigenvalue weighted by molar-refractivity contribution is 6.14. The second kappa shape index (κ2) is 7.38. The zero-order valence-corrected chi connectivity index (χ0v) is 11.8. The molecule has 21 heavy (non-hydrogen) atoms. The molecule has 0 saturated heterocycles. The third-order valence-electron chi connectivity index (χ3n) is 3.21. The summed E-state index contributed by atoms with van der Waals surface area (Å²) in [6.07, 6.45) is -1.10. The van der Waals surface area contributed by atoms with E-state index in [4.69, 9.17) is 0 Å². The Hall–Kier alpha value is -1.66. The third kappa shape index (κ3) is 4.99. The van der Waals surface area contributed by atoms with Gasteiger partial charge in [-0.15, -0.1) is 0 Å². The van der Waals surface area contributed by atoms with Crippen molar-refractivity contribution in [2.75, 3.05) is 0 Å². The number of rotatable bonds is 6. The van der Waals surface area contributed by atoms with Crippen LogP contribution in [-0.2, 0) is 14.4 Å². The van der Waals surface area contributed by atoms with Gasteiger partial charge in [-0.1, -0.05) is 32.6 Å². The van der Waals surface area contributed by atoms with Gasteiger partial charge in [-0.05, 0) is 6.42 Å². The Labute approximate surface area is 121 Å².